The molecule has 34 heavy (non-hydrogen) atoms. The van der Waals surface area contributed by atoms with Crippen LogP contribution < -0.4 is 21.7 Å². The molecular weight excluding hydrogens is 448 g/mol. The Morgan fingerprint density at radius 2 is 1.50 bits per heavy atom. The van der Waals surface area contributed by atoms with Gasteiger partial charge in [-0.25, -0.2) is 4.79 Å². The van der Waals surface area contributed by atoms with Gasteiger partial charge in [-0.15, -0.1) is 0 Å². The maximum atomic E-state index is 13.1. The number of aliphatic hydroxyl groups excluding tert-OH is 1. The highest BCUT2D eigenvalue weighted by Gasteiger charge is 2.33. The summed E-state index contributed by atoms with van der Waals surface area (Å²) in [5.74, 6) is -5.76. The summed E-state index contributed by atoms with van der Waals surface area (Å²) in [5.41, 5.74) is 6.24. The predicted octanol–water partition coefficient (Wildman–Crippen LogP) is -1.39. The standard InChI is InChI=1S/C22H32N4O8/c1-3-12(2)18(21(32)25-16(22(33)34)10-17(28)29)26-20(31)15(24-19(30)14(23)11-27)9-13-7-5-4-6-8-13/h4-8,12,14-16,18,27H,3,9-11,23H2,1-2H3,(H,24,30)(H,25,32)(H,26,31)(H,28,29)(H,33,34). The van der Waals surface area contributed by atoms with E-state index in [1.165, 1.54) is 0 Å². The van der Waals surface area contributed by atoms with Crippen LogP contribution in [0.4, 0.5) is 0 Å². The highest BCUT2D eigenvalue weighted by Crippen LogP contribution is 2.11. The molecule has 1 rings (SSSR count). The van der Waals surface area contributed by atoms with Crippen molar-refractivity contribution in [1.82, 2.24) is 16.0 Å². The smallest absolute Gasteiger partial charge is 0.326 e. The van der Waals surface area contributed by atoms with E-state index in [1.807, 2.05) is 0 Å². The lowest BCUT2D eigenvalue weighted by molar-refractivity contribution is -0.147. The third kappa shape index (κ3) is 9.16. The molecule has 0 aliphatic heterocycles. The first-order valence-electron chi connectivity index (χ1n) is 10.8. The third-order valence-corrected chi connectivity index (χ3v) is 5.24. The maximum Gasteiger partial charge on any atom is 0.326 e. The first-order chi connectivity index (χ1) is 16.0. The second-order valence-electron chi connectivity index (χ2n) is 7.91. The minimum absolute atomic E-state index is 0.0577. The molecule has 5 unspecified atom stereocenters. The number of hydrogen-bond acceptors (Lipinski definition) is 7. The summed E-state index contributed by atoms with van der Waals surface area (Å²) in [6.07, 6.45) is -0.351. The van der Waals surface area contributed by atoms with Crippen LogP contribution in [0.25, 0.3) is 0 Å². The number of carbonyl (C=O) groups is 5. The van der Waals surface area contributed by atoms with E-state index < -0.39 is 72.8 Å². The van der Waals surface area contributed by atoms with Crippen LogP contribution in [0.2, 0.25) is 0 Å². The molecule has 0 aliphatic rings. The summed E-state index contributed by atoms with van der Waals surface area (Å²) >= 11 is 0. The number of carboxylic acids is 2. The summed E-state index contributed by atoms with van der Waals surface area (Å²) in [6, 6.07) is 3.45. The largest absolute Gasteiger partial charge is 0.481 e. The van der Waals surface area contributed by atoms with Gasteiger partial charge in [0.15, 0.2) is 0 Å². The minimum atomic E-state index is -1.68. The predicted molar refractivity (Wildman–Crippen MR) is 120 cm³/mol. The molecule has 0 fully saturated rings. The van der Waals surface area contributed by atoms with Gasteiger partial charge in [0, 0.05) is 6.42 Å². The molecule has 12 heteroatoms. The molecule has 3 amide bonds. The first-order valence-corrected chi connectivity index (χ1v) is 10.8. The normalized spacial score (nSPS) is 15.2. The molecular formula is C22H32N4O8. The number of hydrogen-bond donors (Lipinski definition) is 7. The Morgan fingerprint density at radius 1 is 0.912 bits per heavy atom. The summed E-state index contributed by atoms with van der Waals surface area (Å²) in [4.78, 5) is 60.4. The lowest BCUT2D eigenvalue weighted by Crippen LogP contribution is -2.59. The monoisotopic (exact) mass is 480 g/mol. The van der Waals surface area contributed by atoms with E-state index in [9.17, 15) is 29.1 Å². The Kier molecular flexibility index (Phi) is 11.7. The van der Waals surface area contributed by atoms with Crippen molar-refractivity contribution in [3.8, 4) is 0 Å². The van der Waals surface area contributed by atoms with Crippen LogP contribution in [-0.2, 0) is 30.4 Å². The van der Waals surface area contributed by atoms with Gasteiger partial charge < -0.3 is 37.0 Å². The zero-order valence-electron chi connectivity index (χ0n) is 19.1. The molecule has 0 bridgehead atoms. The van der Waals surface area contributed by atoms with Gasteiger partial charge in [-0.2, -0.15) is 0 Å². The number of amides is 3. The van der Waals surface area contributed by atoms with E-state index in [0.29, 0.717) is 12.0 Å². The zero-order valence-corrected chi connectivity index (χ0v) is 19.1. The summed E-state index contributed by atoms with van der Waals surface area (Å²) in [7, 11) is 0. The molecule has 0 aliphatic carbocycles. The van der Waals surface area contributed by atoms with Crippen LogP contribution in [0.3, 0.4) is 0 Å². The van der Waals surface area contributed by atoms with E-state index in [4.69, 9.17) is 15.9 Å². The van der Waals surface area contributed by atoms with Crippen molar-refractivity contribution in [2.24, 2.45) is 11.7 Å². The Bertz CT molecular complexity index is 864. The summed E-state index contributed by atoms with van der Waals surface area (Å²) in [6.45, 7) is 2.78. The van der Waals surface area contributed by atoms with Crippen LogP contribution in [0.5, 0.6) is 0 Å². The van der Waals surface area contributed by atoms with Gasteiger partial charge in [0.1, 0.15) is 24.2 Å². The highest BCUT2D eigenvalue weighted by molar-refractivity contribution is 5.94. The fourth-order valence-corrected chi connectivity index (χ4v) is 3.01. The number of rotatable bonds is 14. The Hall–Kier alpha value is -3.51. The van der Waals surface area contributed by atoms with E-state index in [2.05, 4.69) is 16.0 Å². The zero-order chi connectivity index (χ0) is 25.8. The molecule has 12 nitrogen and oxygen atoms in total. The van der Waals surface area contributed by atoms with Gasteiger partial charge in [-0.05, 0) is 11.5 Å². The van der Waals surface area contributed by atoms with Gasteiger partial charge in [0.05, 0.1) is 13.0 Å². The van der Waals surface area contributed by atoms with Crippen molar-refractivity contribution in [2.75, 3.05) is 6.61 Å². The van der Waals surface area contributed by atoms with Crippen LogP contribution in [0.1, 0.15) is 32.3 Å². The fourth-order valence-electron chi connectivity index (χ4n) is 3.01. The number of nitrogens with one attached hydrogen (secondary N) is 3. The van der Waals surface area contributed by atoms with E-state index in [-0.39, 0.29) is 6.42 Å². The van der Waals surface area contributed by atoms with Gasteiger partial charge in [-0.1, -0.05) is 50.6 Å². The van der Waals surface area contributed by atoms with Crippen LogP contribution in [0.15, 0.2) is 30.3 Å². The second kappa shape index (κ2) is 13.9. The molecule has 0 radical (unpaired) electrons. The molecule has 0 saturated heterocycles. The fraction of sp³-hybridized carbons (Fsp3) is 0.500. The summed E-state index contributed by atoms with van der Waals surface area (Å²) < 4.78 is 0. The minimum Gasteiger partial charge on any atom is -0.481 e. The third-order valence-electron chi connectivity index (χ3n) is 5.24. The van der Waals surface area contributed by atoms with Crippen molar-refractivity contribution in [3.05, 3.63) is 35.9 Å². The van der Waals surface area contributed by atoms with Crippen LogP contribution in [0, 0.1) is 5.92 Å². The Balaban J connectivity index is 3.11. The molecule has 0 saturated carbocycles. The van der Waals surface area contributed by atoms with E-state index in [1.54, 1.807) is 44.2 Å². The SMILES string of the molecule is CCC(C)C(NC(=O)C(Cc1ccccc1)NC(=O)C(N)CO)C(=O)NC(CC(=O)O)C(=O)O. The number of aliphatic hydroxyl groups is 1. The van der Waals surface area contributed by atoms with Crippen molar-refractivity contribution < 1.29 is 39.3 Å². The van der Waals surface area contributed by atoms with Gasteiger partial charge >= 0.3 is 11.9 Å². The first kappa shape index (κ1) is 28.5. The van der Waals surface area contributed by atoms with Gasteiger partial charge in [0.25, 0.3) is 0 Å². The molecule has 8 N–H and O–H groups in total. The second-order valence-corrected chi connectivity index (χ2v) is 7.91. The Labute approximate surface area is 196 Å². The van der Waals surface area contributed by atoms with Crippen molar-refractivity contribution in [1.29, 1.82) is 0 Å². The molecule has 5 atom stereocenters. The topological polar surface area (TPSA) is 208 Å². The number of carbonyl (C=O) groups excluding carboxylic acids is 3. The van der Waals surface area contributed by atoms with Crippen molar-refractivity contribution >= 4 is 29.7 Å². The van der Waals surface area contributed by atoms with E-state index >= 15 is 0 Å². The lowest BCUT2D eigenvalue weighted by atomic mass is 9.96. The number of carboxylic acid groups (broad SMARTS) is 2. The number of aliphatic carboxylic acids is 2. The van der Waals surface area contributed by atoms with Crippen molar-refractivity contribution in [2.45, 2.75) is 57.3 Å². The van der Waals surface area contributed by atoms with E-state index in [0.717, 1.165) is 0 Å². The molecule has 0 heterocycles. The number of benzene rings is 1. The number of nitrogens with two attached hydrogens (primary N) is 1. The Morgan fingerprint density at radius 3 is 2.00 bits per heavy atom. The average molecular weight is 481 g/mol. The molecule has 0 spiro atoms. The molecule has 1 aromatic rings. The van der Waals surface area contributed by atoms with Gasteiger partial charge in [-0.3, -0.25) is 19.2 Å². The molecule has 0 aromatic heterocycles. The van der Waals surface area contributed by atoms with Crippen molar-refractivity contribution in [3.63, 3.8) is 0 Å². The molecule has 1 aromatic carbocycles. The quantitative estimate of drug-likeness (QED) is 0.167. The lowest BCUT2D eigenvalue weighted by Gasteiger charge is -2.28. The van der Waals surface area contributed by atoms with Crippen LogP contribution in [-0.4, -0.2) is 75.8 Å². The highest BCUT2D eigenvalue weighted by atomic mass is 16.4. The van der Waals surface area contributed by atoms with Gasteiger partial charge in [0.2, 0.25) is 17.7 Å². The maximum absolute atomic E-state index is 13.1. The average Bonchev–Trinajstić information content (AvgIpc) is 2.80. The summed E-state index contributed by atoms with van der Waals surface area (Å²) in [5, 5.41) is 34.4. The molecule has 188 valence electrons. The van der Waals surface area contributed by atoms with Crippen LogP contribution >= 0.6 is 0 Å².